The summed E-state index contributed by atoms with van der Waals surface area (Å²) in [6, 6.07) is 6.77. The number of halogens is 1. The van der Waals surface area contributed by atoms with Gasteiger partial charge >= 0.3 is 0 Å². The summed E-state index contributed by atoms with van der Waals surface area (Å²) in [6.45, 7) is 1.80. The van der Waals surface area contributed by atoms with Gasteiger partial charge in [-0.3, -0.25) is 4.79 Å². The number of hydrogen-bond donors (Lipinski definition) is 2. The third-order valence-corrected chi connectivity index (χ3v) is 3.47. The molecule has 0 saturated heterocycles. The van der Waals surface area contributed by atoms with Gasteiger partial charge in [-0.25, -0.2) is 0 Å². The highest BCUT2D eigenvalue weighted by Gasteiger charge is 2.20. The van der Waals surface area contributed by atoms with Gasteiger partial charge in [-0.2, -0.15) is 11.8 Å². The molecular formula is C13H18ClNO3S. The molecule has 6 heteroatoms. The zero-order valence-corrected chi connectivity index (χ0v) is 12.6. The van der Waals surface area contributed by atoms with Crippen molar-refractivity contribution in [2.24, 2.45) is 0 Å². The van der Waals surface area contributed by atoms with Crippen LogP contribution in [0.4, 0.5) is 0 Å². The van der Waals surface area contributed by atoms with Crippen LogP contribution in [0.15, 0.2) is 24.3 Å². The first kappa shape index (κ1) is 16.1. The minimum absolute atomic E-state index is 0.0863. The van der Waals surface area contributed by atoms with Crippen molar-refractivity contribution >= 4 is 29.3 Å². The number of carbonyl (C=O) groups is 1. The first-order valence-electron chi connectivity index (χ1n) is 5.79. The molecule has 1 rings (SSSR count). The largest absolute Gasteiger partial charge is 0.484 e. The van der Waals surface area contributed by atoms with Crippen LogP contribution in [0, 0.1) is 0 Å². The van der Waals surface area contributed by atoms with E-state index in [0.29, 0.717) is 16.5 Å². The van der Waals surface area contributed by atoms with Crippen molar-refractivity contribution in [2.75, 3.05) is 25.2 Å². The van der Waals surface area contributed by atoms with Gasteiger partial charge in [0.25, 0.3) is 5.91 Å². The van der Waals surface area contributed by atoms with Crippen LogP contribution < -0.4 is 10.1 Å². The van der Waals surface area contributed by atoms with Crippen molar-refractivity contribution in [3.05, 3.63) is 29.3 Å². The van der Waals surface area contributed by atoms with Gasteiger partial charge in [-0.05, 0) is 37.4 Å². The van der Waals surface area contributed by atoms with Crippen molar-refractivity contribution in [3.63, 3.8) is 0 Å². The highest BCUT2D eigenvalue weighted by molar-refractivity contribution is 7.98. The van der Waals surface area contributed by atoms with Crippen LogP contribution in [0.5, 0.6) is 5.75 Å². The Labute approximate surface area is 122 Å². The Balaban J connectivity index is 2.30. The Morgan fingerprint density at radius 3 is 2.68 bits per heavy atom. The molecule has 2 N–H and O–H groups in total. The molecule has 106 valence electrons. The van der Waals surface area contributed by atoms with Crippen LogP contribution in [-0.2, 0) is 4.79 Å². The maximum atomic E-state index is 11.6. The van der Waals surface area contributed by atoms with Gasteiger partial charge in [-0.15, -0.1) is 0 Å². The Hall–Kier alpha value is -0.910. The number of benzene rings is 1. The van der Waals surface area contributed by atoms with Gasteiger partial charge in [0.2, 0.25) is 0 Å². The highest BCUT2D eigenvalue weighted by Crippen LogP contribution is 2.15. The average Bonchev–Trinajstić information content (AvgIpc) is 2.36. The number of hydrogen-bond acceptors (Lipinski definition) is 4. The van der Waals surface area contributed by atoms with Crippen LogP contribution in [0.2, 0.25) is 5.02 Å². The fraction of sp³-hybridized carbons (Fsp3) is 0.462. The van der Waals surface area contributed by atoms with E-state index in [0.717, 1.165) is 0 Å². The van der Waals surface area contributed by atoms with Gasteiger partial charge in [0.05, 0.1) is 5.60 Å². The molecule has 1 unspecified atom stereocenters. The summed E-state index contributed by atoms with van der Waals surface area (Å²) in [5, 5.41) is 13.1. The van der Waals surface area contributed by atoms with Gasteiger partial charge in [0, 0.05) is 17.3 Å². The molecule has 4 nitrogen and oxygen atoms in total. The Bertz CT molecular complexity index is 409. The predicted molar refractivity (Wildman–Crippen MR) is 79.0 cm³/mol. The number of ether oxygens (including phenoxy) is 1. The van der Waals surface area contributed by atoms with E-state index in [9.17, 15) is 9.90 Å². The van der Waals surface area contributed by atoms with Crippen LogP contribution in [0.1, 0.15) is 6.92 Å². The molecule has 19 heavy (non-hydrogen) atoms. The zero-order valence-electron chi connectivity index (χ0n) is 11.0. The first-order chi connectivity index (χ1) is 8.93. The van der Waals surface area contributed by atoms with Crippen LogP contribution in [-0.4, -0.2) is 41.8 Å². The number of amides is 1. The quantitative estimate of drug-likeness (QED) is 0.808. The summed E-state index contributed by atoms with van der Waals surface area (Å²) in [7, 11) is 0. The normalized spacial score (nSPS) is 13.7. The SMILES string of the molecule is CSCC(C)(O)CNC(=O)COc1ccc(Cl)cc1. The van der Waals surface area contributed by atoms with Crippen molar-refractivity contribution < 1.29 is 14.6 Å². The molecule has 1 aromatic rings. The molecular weight excluding hydrogens is 286 g/mol. The smallest absolute Gasteiger partial charge is 0.258 e. The first-order valence-corrected chi connectivity index (χ1v) is 7.56. The lowest BCUT2D eigenvalue weighted by molar-refractivity contribution is -0.124. The standard InChI is InChI=1S/C13H18ClNO3S/c1-13(17,9-19-2)8-15-12(16)7-18-11-5-3-10(14)4-6-11/h3-6,17H,7-9H2,1-2H3,(H,15,16). The van der Waals surface area contributed by atoms with Crippen LogP contribution in [0.3, 0.4) is 0 Å². The second-order valence-corrected chi connectivity index (χ2v) is 5.75. The lowest BCUT2D eigenvalue weighted by Gasteiger charge is -2.22. The molecule has 1 atom stereocenters. The molecule has 1 amide bonds. The summed E-state index contributed by atoms with van der Waals surface area (Å²) < 4.78 is 5.29. The van der Waals surface area contributed by atoms with Crippen molar-refractivity contribution in [2.45, 2.75) is 12.5 Å². The van der Waals surface area contributed by atoms with E-state index < -0.39 is 5.60 Å². The number of nitrogens with one attached hydrogen (secondary N) is 1. The predicted octanol–water partition coefficient (Wildman–Crippen LogP) is 1.95. The maximum Gasteiger partial charge on any atom is 0.258 e. The number of rotatable bonds is 7. The van der Waals surface area contributed by atoms with E-state index >= 15 is 0 Å². The fourth-order valence-electron chi connectivity index (χ4n) is 1.38. The van der Waals surface area contributed by atoms with Gasteiger partial charge in [-0.1, -0.05) is 11.6 Å². The van der Waals surface area contributed by atoms with Gasteiger partial charge in [0.1, 0.15) is 5.75 Å². The Kier molecular flexibility index (Phi) is 6.48. The topological polar surface area (TPSA) is 58.6 Å². The fourth-order valence-corrected chi connectivity index (χ4v) is 2.23. The van der Waals surface area contributed by atoms with E-state index in [1.807, 2.05) is 6.26 Å². The Morgan fingerprint density at radius 1 is 1.47 bits per heavy atom. The Morgan fingerprint density at radius 2 is 2.11 bits per heavy atom. The third kappa shape index (κ3) is 6.71. The summed E-state index contributed by atoms with van der Waals surface area (Å²) in [4.78, 5) is 11.6. The van der Waals surface area contributed by atoms with E-state index in [-0.39, 0.29) is 19.1 Å². The third-order valence-electron chi connectivity index (χ3n) is 2.31. The zero-order chi connectivity index (χ0) is 14.3. The summed E-state index contributed by atoms with van der Waals surface area (Å²) in [5.74, 6) is 0.873. The molecule has 0 aromatic heterocycles. The molecule has 0 aliphatic carbocycles. The summed E-state index contributed by atoms with van der Waals surface area (Å²) >= 11 is 7.27. The maximum absolute atomic E-state index is 11.6. The highest BCUT2D eigenvalue weighted by atomic mass is 35.5. The molecule has 0 bridgehead atoms. The minimum Gasteiger partial charge on any atom is -0.484 e. The lowest BCUT2D eigenvalue weighted by Crippen LogP contribution is -2.43. The monoisotopic (exact) mass is 303 g/mol. The van der Waals surface area contributed by atoms with Crippen LogP contribution in [0.25, 0.3) is 0 Å². The van der Waals surface area contributed by atoms with Crippen molar-refractivity contribution in [3.8, 4) is 5.75 Å². The van der Waals surface area contributed by atoms with Crippen LogP contribution >= 0.6 is 23.4 Å². The molecule has 0 spiro atoms. The van der Waals surface area contributed by atoms with E-state index in [2.05, 4.69) is 5.32 Å². The second kappa shape index (κ2) is 7.62. The summed E-state index contributed by atoms with van der Waals surface area (Å²) in [5.41, 5.74) is -0.907. The van der Waals surface area contributed by atoms with Gasteiger partial charge < -0.3 is 15.2 Å². The number of aliphatic hydroxyl groups is 1. The summed E-state index contributed by atoms with van der Waals surface area (Å²) in [6.07, 6.45) is 1.90. The van der Waals surface area contributed by atoms with Crippen molar-refractivity contribution in [1.29, 1.82) is 0 Å². The molecule has 0 fully saturated rings. The average molecular weight is 304 g/mol. The van der Waals surface area contributed by atoms with Crippen molar-refractivity contribution in [1.82, 2.24) is 5.32 Å². The number of thioether (sulfide) groups is 1. The molecule has 0 aliphatic rings. The number of carbonyl (C=O) groups excluding carboxylic acids is 1. The molecule has 0 saturated carbocycles. The molecule has 0 aliphatic heterocycles. The van der Waals surface area contributed by atoms with Gasteiger partial charge in [0.15, 0.2) is 6.61 Å². The van der Waals surface area contributed by atoms with E-state index in [1.165, 1.54) is 11.8 Å². The molecule has 1 aromatic carbocycles. The second-order valence-electron chi connectivity index (χ2n) is 4.45. The van der Waals surface area contributed by atoms with E-state index in [4.69, 9.17) is 16.3 Å². The minimum atomic E-state index is -0.907. The lowest BCUT2D eigenvalue weighted by atomic mass is 10.1. The molecule has 0 heterocycles. The molecule has 0 radical (unpaired) electrons. The van der Waals surface area contributed by atoms with E-state index in [1.54, 1.807) is 31.2 Å².